The summed E-state index contributed by atoms with van der Waals surface area (Å²) in [5.74, 6) is 0. The average molecular weight is 395 g/mol. The van der Waals surface area contributed by atoms with Gasteiger partial charge in [0.05, 0.1) is 10.6 Å². The Morgan fingerprint density at radius 3 is 2.48 bits per heavy atom. The van der Waals surface area contributed by atoms with Crippen molar-refractivity contribution in [3.8, 4) is 0 Å². The van der Waals surface area contributed by atoms with Crippen molar-refractivity contribution in [2.75, 3.05) is 0 Å². The van der Waals surface area contributed by atoms with E-state index in [0.29, 0.717) is 17.8 Å². The lowest BCUT2D eigenvalue weighted by Crippen LogP contribution is -2.25. The normalized spacial score (nSPS) is 14.8. The fourth-order valence-corrected chi connectivity index (χ4v) is 3.26. The standard InChI is InChI=1S/C19H30N4O3S/c1-7-9-14(4)17(13(3)8-2)22-18(24)23-27(20,26)15-10-11-16(21-12-15)19(5,6)25/h10-12,25H,3,7-9H2,1-2,4-6H3,(H3,20,22,23,24,26)/b17-14-. The van der Waals surface area contributed by atoms with Gasteiger partial charge in [-0.2, -0.15) is 0 Å². The van der Waals surface area contributed by atoms with Crippen molar-refractivity contribution in [3.63, 3.8) is 0 Å². The summed E-state index contributed by atoms with van der Waals surface area (Å²) in [4.78, 5) is 16.5. The molecule has 0 aromatic carbocycles. The highest BCUT2D eigenvalue weighted by Crippen LogP contribution is 2.20. The molecule has 1 rings (SSSR count). The van der Waals surface area contributed by atoms with Crippen molar-refractivity contribution in [2.45, 2.75) is 64.4 Å². The molecule has 0 aliphatic carbocycles. The third-order valence-electron chi connectivity index (χ3n) is 3.98. The minimum absolute atomic E-state index is 0.107. The highest BCUT2D eigenvalue weighted by Gasteiger charge is 2.19. The maximum atomic E-state index is 12.7. The van der Waals surface area contributed by atoms with E-state index in [9.17, 15) is 14.1 Å². The van der Waals surface area contributed by atoms with Gasteiger partial charge in [0, 0.05) is 11.9 Å². The maximum absolute atomic E-state index is 12.7. The van der Waals surface area contributed by atoms with Crippen LogP contribution in [0.5, 0.6) is 0 Å². The van der Waals surface area contributed by atoms with Gasteiger partial charge < -0.3 is 10.4 Å². The Kier molecular flexibility index (Phi) is 7.89. The lowest BCUT2D eigenvalue weighted by molar-refractivity contribution is 0.0737. The zero-order valence-electron chi connectivity index (χ0n) is 16.7. The van der Waals surface area contributed by atoms with Crippen LogP contribution in [-0.4, -0.2) is 20.3 Å². The highest BCUT2D eigenvalue weighted by atomic mass is 32.2. The van der Waals surface area contributed by atoms with E-state index in [2.05, 4.69) is 21.2 Å². The van der Waals surface area contributed by atoms with Gasteiger partial charge in [-0.3, -0.25) is 4.98 Å². The summed E-state index contributed by atoms with van der Waals surface area (Å²) in [5.41, 5.74) is 1.61. The van der Waals surface area contributed by atoms with Gasteiger partial charge in [-0.15, -0.1) is 4.36 Å². The summed E-state index contributed by atoms with van der Waals surface area (Å²) < 4.78 is 16.3. The lowest BCUT2D eigenvalue weighted by atomic mass is 10.0. The highest BCUT2D eigenvalue weighted by molar-refractivity contribution is 7.91. The monoisotopic (exact) mass is 394 g/mol. The number of nitrogens with zero attached hydrogens (tertiary/aromatic N) is 2. The predicted molar refractivity (Wildman–Crippen MR) is 108 cm³/mol. The molecule has 0 saturated heterocycles. The van der Waals surface area contributed by atoms with E-state index in [1.165, 1.54) is 18.3 Å². The predicted octanol–water partition coefficient (Wildman–Crippen LogP) is 3.76. The molecule has 0 saturated carbocycles. The molecule has 27 heavy (non-hydrogen) atoms. The van der Waals surface area contributed by atoms with E-state index in [1.807, 2.05) is 20.8 Å². The summed E-state index contributed by atoms with van der Waals surface area (Å²) in [5, 5.41) is 18.4. The van der Waals surface area contributed by atoms with Crippen LogP contribution >= 0.6 is 0 Å². The lowest BCUT2D eigenvalue weighted by Gasteiger charge is -2.16. The third-order valence-corrected chi connectivity index (χ3v) is 5.34. The Labute approximate surface area is 162 Å². The van der Waals surface area contributed by atoms with Crippen LogP contribution in [0.15, 0.2) is 51.0 Å². The molecule has 2 amide bonds. The minimum atomic E-state index is -3.47. The number of carbonyl (C=O) groups excluding carboxylic acids is 1. The number of aromatic nitrogens is 1. The number of nitrogens with one attached hydrogen (secondary N) is 1. The van der Waals surface area contributed by atoms with E-state index in [0.717, 1.165) is 24.0 Å². The van der Waals surface area contributed by atoms with E-state index in [4.69, 9.17) is 5.14 Å². The zero-order valence-corrected chi connectivity index (χ0v) is 17.5. The molecule has 0 radical (unpaired) electrons. The first-order chi connectivity index (χ1) is 12.4. The van der Waals surface area contributed by atoms with Crippen LogP contribution in [-0.2, 0) is 15.5 Å². The Bertz CT molecular complexity index is 843. The van der Waals surface area contributed by atoms with Gasteiger partial charge in [0.25, 0.3) is 0 Å². The second-order valence-electron chi connectivity index (χ2n) is 6.89. The second-order valence-corrected chi connectivity index (χ2v) is 8.68. The molecule has 1 aromatic heterocycles. The van der Waals surface area contributed by atoms with Gasteiger partial charge in [-0.05, 0) is 56.9 Å². The summed E-state index contributed by atoms with van der Waals surface area (Å²) >= 11 is 0. The quantitative estimate of drug-likeness (QED) is 0.610. The van der Waals surface area contributed by atoms with Crippen LogP contribution in [0.25, 0.3) is 0 Å². The Morgan fingerprint density at radius 1 is 1.41 bits per heavy atom. The van der Waals surface area contributed by atoms with Crippen molar-refractivity contribution < 1.29 is 14.1 Å². The Morgan fingerprint density at radius 2 is 2.04 bits per heavy atom. The van der Waals surface area contributed by atoms with Crippen molar-refractivity contribution in [3.05, 3.63) is 47.4 Å². The summed E-state index contributed by atoms with van der Waals surface area (Å²) in [6.07, 6.45) is 3.65. The fourth-order valence-electron chi connectivity index (χ4n) is 2.39. The molecule has 7 nitrogen and oxygen atoms in total. The number of carbonyl (C=O) groups is 1. The number of hydrogen-bond donors (Lipinski definition) is 3. The first-order valence-corrected chi connectivity index (χ1v) is 10.4. The van der Waals surface area contributed by atoms with E-state index >= 15 is 0 Å². The largest absolute Gasteiger partial charge is 0.384 e. The van der Waals surface area contributed by atoms with Gasteiger partial charge in [-0.1, -0.05) is 26.8 Å². The molecule has 0 bridgehead atoms. The van der Waals surface area contributed by atoms with Crippen LogP contribution in [0.1, 0.15) is 59.6 Å². The SMILES string of the molecule is C=C(CC)/C(NC(=O)N=S(N)(=O)c1ccc(C(C)(C)O)nc1)=C(\C)CCC. The molecule has 1 unspecified atom stereocenters. The van der Waals surface area contributed by atoms with Crippen LogP contribution in [0, 0.1) is 0 Å². The van der Waals surface area contributed by atoms with Gasteiger partial charge >= 0.3 is 6.03 Å². The van der Waals surface area contributed by atoms with Crippen LogP contribution < -0.4 is 10.5 Å². The van der Waals surface area contributed by atoms with Gasteiger partial charge in [0.15, 0.2) is 0 Å². The number of pyridine rings is 1. The molecule has 0 spiro atoms. The number of amides is 2. The summed E-state index contributed by atoms with van der Waals surface area (Å²) in [6.45, 7) is 13.0. The Balaban J connectivity index is 3.15. The average Bonchev–Trinajstić information content (AvgIpc) is 2.58. The second kappa shape index (κ2) is 9.25. The molecule has 0 aliphatic rings. The van der Waals surface area contributed by atoms with Gasteiger partial charge in [-0.25, -0.2) is 14.1 Å². The molecular formula is C19H30N4O3S. The van der Waals surface area contributed by atoms with Crippen molar-refractivity contribution in [2.24, 2.45) is 9.50 Å². The molecule has 150 valence electrons. The van der Waals surface area contributed by atoms with E-state index in [1.54, 1.807) is 13.8 Å². The number of hydrogen-bond acceptors (Lipinski definition) is 4. The van der Waals surface area contributed by atoms with Crippen LogP contribution in [0.3, 0.4) is 0 Å². The molecule has 1 heterocycles. The smallest absolute Gasteiger partial charge is 0.354 e. The first-order valence-electron chi connectivity index (χ1n) is 8.85. The van der Waals surface area contributed by atoms with Crippen molar-refractivity contribution >= 4 is 15.9 Å². The summed E-state index contributed by atoms with van der Waals surface area (Å²) in [6, 6.07) is 2.16. The molecule has 1 atom stereocenters. The number of nitrogens with two attached hydrogens (primary N) is 1. The van der Waals surface area contributed by atoms with Crippen molar-refractivity contribution in [1.29, 1.82) is 0 Å². The molecule has 0 fully saturated rings. The van der Waals surface area contributed by atoms with Crippen LogP contribution in [0.2, 0.25) is 0 Å². The van der Waals surface area contributed by atoms with Gasteiger partial charge in [0.1, 0.15) is 15.5 Å². The molecule has 0 aliphatic heterocycles. The molecule has 4 N–H and O–H groups in total. The number of aliphatic hydroxyl groups is 1. The first kappa shape index (κ1) is 23.0. The number of allylic oxidation sites excluding steroid dienone is 2. The van der Waals surface area contributed by atoms with Crippen molar-refractivity contribution in [1.82, 2.24) is 10.3 Å². The van der Waals surface area contributed by atoms with E-state index < -0.39 is 21.5 Å². The minimum Gasteiger partial charge on any atom is -0.384 e. The van der Waals surface area contributed by atoms with E-state index in [-0.39, 0.29) is 4.90 Å². The maximum Gasteiger partial charge on any atom is 0.354 e. The van der Waals surface area contributed by atoms with Crippen LogP contribution in [0.4, 0.5) is 4.79 Å². The number of urea groups is 1. The fraction of sp³-hybridized carbons (Fsp3) is 0.474. The Hall–Kier alpha value is -2.03. The number of rotatable bonds is 7. The zero-order chi connectivity index (χ0) is 20.8. The summed E-state index contributed by atoms with van der Waals surface area (Å²) in [7, 11) is -3.47. The topological polar surface area (TPSA) is 118 Å². The molecule has 8 heteroatoms. The molecule has 1 aromatic rings. The third kappa shape index (κ3) is 6.57. The molecular weight excluding hydrogens is 364 g/mol. The van der Waals surface area contributed by atoms with Gasteiger partial charge in [0.2, 0.25) is 0 Å².